The molecule has 3 fully saturated rings. The number of carbonyl (C=O) groups is 5. The number of benzene rings is 2. The average Bonchev–Trinajstić information content (AvgIpc) is 3.28. The lowest BCUT2D eigenvalue weighted by Crippen LogP contribution is -2.81. The van der Waals surface area contributed by atoms with Crippen molar-refractivity contribution in [2.75, 3.05) is 38.8 Å². The zero-order valence-corrected chi connectivity index (χ0v) is 38.5. The number of aliphatic hydroxyl groups is 3. The van der Waals surface area contributed by atoms with Crippen LogP contribution in [0.15, 0.2) is 71.8 Å². The molecule has 19 nitrogen and oxygen atoms in total. The van der Waals surface area contributed by atoms with Crippen LogP contribution in [0.25, 0.3) is 0 Å². The van der Waals surface area contributed by atoms with Gasteiger partial charge >= 0.3 is 23.9 Å². The first kappa shape index (κ1) is 51.1. The molecule has 0 aromatic heterocycles. The van der Waals surface area contributed by atoms with E-state index in [-0.39, 0.29) is 43.0 Å². The molecule has 2 saturated carbocycles. The molecular weight excluding hydrogens is 887 g/mol. The minimum atomic E-state index is -2.34. The molecule has 0 amide bonds. The second-order valence-electron chi connectivity index (χ2n) is 17.8. The first-order valence-corrected chi connectivity index (χ1v) is 22.6. The Hall–Kier alpha value is -4.32. The van der Waals surface area contributed by atoms with Crippen LogP contribution >= 0.6 is 12.0 Å². The Morgan fingerprint density at radius 3 is 2.26 bits per heavy atom. The fourth-order valence-corrected chi connectivity index (χ4v) is 10.5. The third kappa shape index (κ3) is 9.95. The lowest BCUT2D eigenvalue weighted by molar-refractivity contribution is -0.464. The maximum absolute atomic E-state index is 15.1. The van der Waals surface area contributed by atoms with Crippen molar-refractivity contribution in [3.8, 4) is 0 Å². The number of esters is 4. The Morgan fingerprint density at radius 2 is 1.62 bits per heavy atom. The SMILES string of the molecule is CC(=O)O[C@@]12CO[C@@H]1C[C@H](O)[C@@]1(C)C(=O)[C@H](O)C3=C(C)[C@@H](OC(=O)[C@H](OC(=O)COCCOCCCSOOON)[C@@H](C)c4ccccc4)C[C@](O)([C@@H](OC(=O)c4ccccc4)[C@H]21)C3(C)C. The average molecular weight is 946 g/mol. The highest BCUT2D eigenvalue weighted by molar-refractivity contribution is 7.94. The van der Waals surface area contributed by atoms with Crippen molar-refractivity contribution in [3.63, 3.8) is 0 Å². The molecule has 66 heavy (non-hydrogen) atoms. The summed E-state index contributed by atoms with van der Waals surface area (Å²) in [7, 11) is 0. The topological polar surface area (TPSA) is 264 Å². The van der Waals surface area contributed by atoms with Crippen LogP contribution in [0.5, 0.6) is 0 Å². The summed E-state index contributed by atoms with van der Waals surface area (Å²) in [6.45, 7) is 8.59. The summed E-state index contributed by atoms with van der Waals surface area (Å²) in [6.07, 6.45) is -9.41. The van der Waals surface area contributed by atoms with Crippen molar-refractivity contribution < 1.29 is 86.8 Å². The molecule has 1 saturated heterocycles. The van der Waals surface area contributed by atoms with Crippen LogP contribution < -0.4 is 5.90 Å². The molecule has 1 aliphatic heterocycles. The number of ether oxygens (including phenoxy) is 7. The van der Waals surface area contributed by atoms with E-state index >= 15 is 4.79 Å². The third-order valence-corrected chi connectivity index (χ3v) is 14.3. The fraction of sp³-hybridized carbons (Fsp3) is 0.587. The van der Waals surface area contributed by atoms with Gasteiger partial charge in [0.25, 0.3) is 0 Å². The number of carbonyl (C=O) groups excluding carboxylic acids is 5. The first-order valence-electron chi connectivity index (χ1n) is 21.7. The number of hydrogen-bond acceptors (Lipinski definition) is 20. The molecule has 2 aromatic rings. The lowest BCUT2D eigenvalue weighted by atomic mass is 9.44. The summed E-state index contributed by atoms with van der Waals surface area (Å²) in [5, 5.41) is 41.9. The van der Waals surface area contributed by atoms with Crippen LogP contribution in [0.1, 0.15) is 82.6 Å². The van der Waals surface area contributed by atoms with E-state index in [1.165, 1.54) is 19.1 Å². The summed E-state index contributed by atoms with van der Waals surface area (Å²) in [5.41, 5.74) is -6.86. The number of aliphatic hydroxyl groups excluding tert-OH is 2. The van der Waals surface area contributed by atoms with Gasteiger partial charge in [-0.15, -0.1) is 9.32 Å². The largest absolute Gasteiger partial charge is 0.455 e. The van der Waals surface area contributed by atoms with Gasteiger partial charge < -0.3 is 48.5 Å². The number of fused-ring (bicyclic) bond motifs is 5. The summed E-state index contributed by atoms with van der Waals surface area (Å²) >= 11 is 0.962. The number of ketones is 1. The highest BCUT2D eigenvalue weighted by atomic mass is 32.2. The maximum Gasteiger partial charge on any atom is 0.348 e. The highest BCUT2D eigenvalue weighted by Gasteiger charge is 2.78. The summed E-state index contributed by atoms with van der Waals surface area (Å²) < 4.78 is 45.8. The van der Waals surface area contributed by atoms with Crippen molar-refractivity contribution in [3.05, 3.63) is 82.9 Å². The summed E-state index contributed by atoms with van der Waals surface area (Å²) in [4.78, 5) is 74.0. The minimum Gasteiger partial charge on any atom is -0.455 e. The van der Waals surface area contributed by atoms with Crippen molar-refractivity contribution >= 4 is 41.7 Å². The molecule has 6 rings (SSSR count). The van der Waals surface area contributed by atoms with Gasteiger partial charge in [0.2, 0.25) is 6.10 Å². The first-order chi connectivity index (χ1) is 31.3. The van der Waals surface area contributed by atoms with E-state index in [9.17, 15) is 34.5 Å². The second kappa shape index (κ2) is 21.3. The van der Waals surface area contributed by atoms with Crippen LogP contribution in [0, 0.1) is 16.7 Å². The van der Waals surface area contributed by atoms with Gasteiger partial charge in [-0.25, -0.2) is 14.4 Å². The molecule has 4 aliphatic rings. The molecule has 20 heteroatoms. The number of rotatable bonds is 20. The van der Waals surface area contributed by atoms with Crippen LogP contribution in [0.3, 0.4) is 0 Å². The van der Waals surface area contributed by atoms with Gasteiger partial charge in [0.15, 0.2) is 11.4 Å². The number of hydrogen-bond donors (Lipinski definition) is 4. The van der Waals surface area contributed by atoms with E-state index in [0.717, 1.165) is 19.0 Å². The monoisotopic (exact) mass is 945 g/mol. The van der Waals surface area contributed by atoms with Gasteiger partial charge in [-0.1, -0.05) is 69.3 Å². The number of nitrogens with two attached hydrogens (primary N) is 1. The van der Waals surface area contributed by atoms with E-state index in [4.69, 9.17) is 39.1 Å². The van der Waals surface area contributed by atoms with E-state index in [0.29, 0.717) is 24.3 Å². The molecular formula is C46H59NO18S. The Labute approximate surface area is 386 Å². The standard InChI is InChI=1S/C46H59NO18S/c1-26(29-14-9-7-10-15-29)37(60-34(50)24-57-20-19-56-18-13-21-66-65-64-63-47)42(54)59-31-23-46(55)40(61-41(53)30-16-11-8-12-17-30)38-44(6,39(52)36(51)35(27(31)2)43(46,4)5)32(49)22-33-45(38,25-58-33)62-28(3)48/h7-12,14-17,26,31-33,36-38,40,49,51,55H,13,18-25,47H2,1-6H3/t26-,31-,32-,33+,36+,37+,38-,40-,44+,45-,46-/m0/s1. The van der Waals surface area contributed by atoms with E-state index in [1.54, 1.807) is 76.2 Å². The van der Waals surface area contributed by atoms with Crippen LogP contribution in [0.2, 0.25) is 0 Å². The van der Waals surface area contributed by atoms with E-state index < -0.39 is 113 Å². The number of Topliss-reactive ketones (excluding diaryl/α,β-unsaturated/α-hetero) is 1. The minimum absolute atomic E-state index is 0.0230. The Kier molecular flexibility index (Phi) is 16.5. The Bertz CT molecular complexity index is 2090. The van der Waals surface area contributed by atoms with Crippen LogP contribution in [0.4, 0.5) is 0 Å². The van der Waals surface area contributed by atoms with Crippen molar-refractivity contribution in [1.82, 2.24) is 0 Å². The Balaban J connectivity index is 1.33. The fourth-order valence-electron chi connectivity index (χ4n) is 10.1. The van der Waals surface area contributed by atoms with Gasteiger partial charge in [0, 0.05) is 55.5 Å². The van der Waals surface area contributed by atoms with Gasteiger partial charge in [-0.3, -0.25) is 9.59 Å². The molecule has 3 aliphatic carbocycles. The highest BCUT2D eigenvalue weighted by Crippen LogP contribution is 2.64. The molecule has 0 spiro atoms. The van der Waals surface area contributed by atoms with Gasteiger partial charge in [0.1, 0.15) is 36.6 Å². The summed E-state index contributed by atoms with van der Waals surface area (Å²) in [5.74, 6) is -1.60. The molecule has 11 atom stereocenters. The molecule has 362 valence electrons. The van der Waals surface area contributed by atoms with Gasteiger partial charge in [0.05, 0.1) is 42.8 Å². The normalized spacial score (nSPS) is 30.8. The zero-order valence-electron chi connectivity index (χ0n) is 37.7. The lowest BCUT2D eigenvalue weighted by Gasteiger charge is -2.67. The quantitative estimate of drug-likeness (QED) is 0.0282. The molecule has 5 N–H and O–H groups in total. The van der Waals surface area contributed by atoms with Crippen molar-refractivity contribution in [2.24, 2.45) is 22.6 Å². The van der Waals surface area contributed by atoms with Crippen LogP contribution in [-0.4, -0.2) is 132 Å². The second-order valence-corrected chi connectivity index (χ2v) is 18.6. The third-order valence-electron chi connectivity index (χ3n) is 13.7. The molecule has 0 unspecified atom stereocenters. The summed E-state index contributed by atoms with van der Waals surface area (Å²) in [6, 6.07) is 16.7. The maximum atomic E-state index is 15.1. The van der Waals surface area contributed by atoms with Crippen molar-refractivity contribution in [1.29, 1.82) is 0 Å². The van der Waals surface area contributed by atoms with Crippen molar-refractivity contribution in [2.45, 2.75) is 115 Å². The van der Waals surface area contributed by atoms with Gasteiger partial charge in [-0.2, -0.15) is 5.90 Å². The smallest absolute Gasteiger partial charge is 0.348 e. The Morgan fingerprint density at radius 1 is 0.955 bits per heavy atom. The molecule has 2 aromatic carbocycles. The predicted molar refractivity (Wildman–Crippen MR) is 230 cm³/mol. The van der Waals surface area contributed by atoms with E-state index in [1.807, 2.05) is 0 Å². The predicted octanol–water partition coefficient (Wildman–Crippen LogP) is 3.17. The van der Waals surface area contributed by atoms with Crippen LogP contribution in [-0.2, 0) is 66.7 Å². The molecule has 2 bridgehead atoms. The molecule has 0 radical (unpaired) electrons. The zero-order chi connectivity index (χ0) is 48.0. The molecule has 1 heterocycles. The van der Waals surface area contributed by atoms with E-state index in [2.05, 4.69) is 14.4 Å². The van der Waals surface area contributed by atoms with Gasteiger partial charge in [-0.05, 0) is 54.1 Å².